The molecule has 0 amide bonds. The van der Waals surface area contributed by atoms with E-state index in [1.54, 1.807) is 20.4 Å². The van der Waals surface area contributed by atoms with Crippen molar-refractivity contribution in [3.05, 3.63) is 48.1 Å². The summed E-state index contributed by atoms with van der Waals surface area (Å²) < 4.78 is 9.88. The smallest absolute Gasteiger partial charge is 0.137 e. The summed E-state index contributed by atoms with van der Waals surface area (Å²) >= 11 is 0. The van der Waals surface area contributed by atoms with Crippen LogP contribution in [0.25, 0.3) is 0 Å². The summed E-state index contributed by atoms with van der Waals surface area (Å²) in [6, 6.07) is 3.19. The highest BCUT2D eigenvalue weighted by atomic mass is 16.5. The molecule has 0 radical (unpaired) electrons. The van der Waals surface area contributed by atoms with E-state index in [1.165, 1.54) is 0 Å². The number of carbonyl (C=O) groups is 1. The lowest BCUT2D eigenvalue weighted by Crippen LogP contribution is -2.24. The number of carbonyl (C=O) groups excluding carboxylic acids is 1. The molecule has 0 aliphatic carbocycles. The zero-order valence-corrected chi connectivity index (χ0v) is 16.2. The number of nitrogens with one attached hydrogen (secondary N) is 2. The van der Waals surface area contributed by atoms with Crippen LogP contribution in [0, 0.1) is 0 Å². The van der Waals surface area contributed by atoms with Gasteiger partial charge in [-0.2, -0.15) is 0 Å². The van der Waals surface area contributed by atoms with Crippen LogP contribution >= 0.6 is 0 Å². The van der Waals surface area contributed by atoms with E-state index in [1.807, 2.05) is 38.4 Å². The summed E-state index contributed by atoms with van der Waals surface area (Å²) in [5, 5.41) is 6.07. The van der Waals surface area contributed by atoms with Crippen LogP contribution < -0.4 is 21.1 Å². The molecule has 1 heterocycles. The fourth-order valence-corrected chi connectivity index (χ4v) is 1.85. The highest BCUT2D eigenvalue weighted by molar-refractivity contribution is 5.57. The maximum Gasteiger partial charge on any atom is 0.137 e. The first-order valence-electron chi connectivity index (χ1n) is 8.52. The Hall–Kier alpha value is -2.38. The third-order valence-corrected chi connectivity index (χ3v) is 3.14. The van der Waals surface area contributed by atoms with Gasteiger partial charge in [0, 0.05) is 40.4 Å². The van der Waals surface area contributed by atoms with Gasteiger partial charge in [0.25, 0.3) is 0 Å². The largest absolute Gasteiger partial charge is 0.492 e. The topological polar surface area (TPSA) is 98.5 Å². The quantitative estimate of drug-likeness (QED) is 0.310. The van der Waals surface area contributed by atoms with E-state index < -0.39 is 6.04 Å². The first-order chi connectivity index (χ1) is 12.6. The average Bonchev–Trinajstić information content (AvgIpc) is 2.66. The number of nitrogens with two attached hydrogens (primary N) is 1. The molecule has 1 unspecified atom stereocenters. The molecule has 1 aromatic heterocycles. The average molecular weight is 364 g/mol. The number of aldehydes is 1. The summed E-state index contributed by atoms with van der Waals surface area (Å²) in [6.07, 6.45) is 10.8. The Morgan fingerprint density at radius 3 is 2.54 bits per heavy atom. The number of hydrogen-bond donors (Lipinski definition) is 3. The van der Waals surface area contributed by atoms with Crippen molar-refractivity contribution in [3.63, 3.8) is 0 Å². The Morgan fingerprint density at radius 1 is 1.31 bits per heavy atom. The van der Waals surface area contributed by atoms with Crippen LogP contribution in [-0.2, 0) is 16.0 Å². The molecule has 4 N–H and O–H groups in total. The summed E-state index contributed by atoms with van der Waals surface area (Å²) in [5.74, 6) is 1.70. The second-order valence-corrected chi connectivity index (χ2v) is 5.40. The normalized spacial score (nSPS) is 11.1. The molecule has 146 valence electrons. The minimum Gasteiger partial charge on any atom is -0.492 e. The van der Waals surface area contributed by atoms with Gasteiger partial charge in [0.15, 0.2) is 0 Å². The van der Waals surface area contributed by atoms with Gasteiger partial charge in [-0.15, -0.1) is 0 Å². The Balaban J connectivity index is 0.00000194. The number of rotatable bonds is 11. The lowest BCUT2D eigenvalue weighted by molar-refractivity contribution is -0.108. The number of unbranched alkanes of at least 4 members (excludes halogenated alkanes) is 1. The summed E-state index contributed by atoms with van der Waals surface area (Å²) in [5.41, 5.74) is 6.35. The van der Waals surface area contributed by atoms with Crippen molar-refractivity contribution in [2.45, 2.75) is 25.3 Å². The van der Waals surface area contributed by atoms with Crippen LogP contribution in [0.4, 0.5) is 0 Å². The second-order valence-electron chi connectivity index (χ2n) is 5.40. The number of nitrogens with zero attached hydrogens (tertiary/aromatic N) is 1. The van der Waals surface area contributed by atoms with E-state index in [4.69, 9.17) is 10.5 Å². The standard InChI is InChI=1S/C17H26N4O2.C2H6O/c1-19-17(20-2)7-5-3-4-6-10-23-16-9-8-15(21-12-16)11-14(18)13-22;1-3-2/h3,5,7-9,12-14,19-20H,4,6,10-11,18H2,1-2H3;1-2H3/b5-3-;. The minimum absolute atomic E-state index is 0.448. The molecule has 0 aliphatic rings. The van der Waals surface area contributed by atoms with Gasteiger partial charge < -0.3 is 30.6 Å². The highest BCUT2D eigenvalue weighted by Crippen LogP contribution is 2.10. The molecule has 1 aromatic rings. The maximum absolute atomic E-state index is 10.5. The molecule has 0 spiro atoms. The number of aromatic nitrogens is 1. The zero-order chi connectivity index (χ0) is 19.6. The molecule has 26 heavy (non-hydrogen) atoms. The molecule has 1 rings (SSSR count). The fourth-order valence-electron chi connectivity index (χ4n) is 1.85. The van der Waals surface area contributed by atoms with Gasteiger partial charge in [-0.1, -0.05) is 12.2 Å². The van der Waals surface area contributed by atoms with E-state index in [0.717, 1.165) is 36.4 Å². The van der Waals surface area contributed by atoms with Crippen molar-refractivity contribution in [3.8, 4) is 5.75 Å². The van der Waals surface area contributed by atoms with Crippen LogP contribution in [0.1, 0.15) is 18.5 Å². The van der Waals surface area contributed by atoms with Gasteiger partial charge in [-0.3, -0.25) is 4.98 Å². The van der Waals surface area contributed by atoms with Crippen molar-refractivity contribution in [1.29, 1.82) is 0 Å². The Morgan fingerprint density at radius 2 is 2.00 bits per heavy atom. The highest BCUT2D eigenvalue weighted by Gasteiger charge is 2.03. The maximum atomic E-state index is 10.5. The Bertz CT molecular complexity index is 524. The summed E-state index contributed by atoms with van der Waals surface area (Å²) in [4.78, 5) is 14.7. The van der Waals surface area contributed by atoms with Gasteiger partial charge in [-0.25, -0.2) is 0 Å². The molecule has 0 aliphatic heterocycles. The minimum atomic E-state index is -0.499. The predicted molar refractivity (Wildman–Crippen MR) is 105 cm³/mol. The fraction of sp³-hybridized carbons (Fsp3) is 0.474. The van der Waals surface area contributed by atoms with E-state index in [-0.39, 0.29) is 0 Å². The molecule has 0 saturated heterocycles. The number of methoxy groups -OCH3 is 1. The number of pyridine rings is 1. The van der Waals surface area contributed by atoms with Gasteiger partial charge in [0.1, 0.15) is 12.0 Å². The number of ether oxygens (including phenoxy) is 2. The molecule has 7 heteroatoms. The van der Waals surface area contributed by atoms with E-state index >= 15 is 0 Å². The molecule has 0 saturated carbocycles. The third kappa shape index (κ3) is 12.0. The molecule has 0 aromatic carbocycles. The van der Waals surface area contributed by atoms with Crippen molar-refractivity contribution < 1.29 is 14.3 Å². The lowest BCUT2D eigenvalue weighted by Gasteiger charge is -2.07. The van der Waals surface area contributed by atoms with Crippen molar-refractivity contribution in [1.82, 2.24) is 15.6 Å². The van der Waals surface area contributed by atoms with Gasteiger partial charge in [-0.05, 0) is 31.1 Å². The monoisotopic (exact) mass is 364 g/mol. The molecular weight excluding hydrogens is 332 g/mol. The van der Waals surface area contributed by atoms with Gasteiger partial charge >= 0.3 is 0 Å². The molecule has 7 nitrogen and oxygen atoms in total. The molecular formula is C19H32N4O3. The molecule has 0 bridgehead atoms. The molecule has 1 atom stereocenters. The van der Waals surface area contributed by atoms with E-state index in [9.17, 15) is 4.79 Å². The van der Waals surface area contributed by atoms with Crippen LogP contribution in [0.15, 0.2) is 42.4 Å². The molecule has 0 fully saturated rings. The van der Waals surface area contributed by atoms with E-state index in [0.29, 0.717) is 13.0 Å². The van der Waals surface area contributed by atoms with Crippen LogP contribution in [0.5, 0.6) is 5.75 Å². The second kappa shape index (κ2) is 16.1. The Kier molecular flexibility index (Phi) is 14.6. The first kappa shape index (κ1) is 23.6. The third-order valence-electron chi connectivity index (χ3n) is 3.14. The van der Waals surface area contributed by atoms with Crippen molar-refractivity contribution in [2.75, 3.05) is 34.9 Å². The Labute approximate surface area is 156 Å². The van der Waals surface area contributed by atoms with Gasteiger partial charge in [0.05, 0.1) is 24.7 Å². The van der Waals surface area contributed by atoms with Crippen LogP contribution in [0.2, 0.25) is 0 Å². The predicted octanol–water partition coefficient (Wildman–Crippen LogP) is 1.41. The van der Waals surface area contributed by atoms with Crippen molar-refractivity contribution in [2.24, 2.45) is 5.73 Å². The SMILES string of the molecule is CNC(=C/C=C\CCCOc1ccc(CC(N)C=O)nc1)NC.COC. The lowest BCUT2D eigenvalue weighted by atomic mass is 10.2. The van der Waals surface area contributed by atoms with E-state index in [2.05, 4.69) is 26.4 Å². The first-order valence-corrected chi connectivity index (χ1v) is 8.52. The van der Waals surface area contributed by atoms with Crippen LogP contribution in [-0.4, -0.2) is 52.2 Å². The number of allylic oxidation sites excluding steroid dienone is 3. The zero-order valence-electron chi connectivity index (χ0n) is 16.2. The summed E-state index contributed by atoms with van der Waals surface area (Å²) in [7, 11) is 6.99. The van der Waals surface area contributed by atoms with Crippen molar-refractivity contribution >= 4 is 6.29 Å². The number of hydrogen-bond acceptors (Lipinski definition) is 7. The summed E-state index contributed by atoms with van der Waals surface area (Å²) in [6.45, 7) is 0.633. The van der Waals surface area contributed by atoms with Gasteiger partial charge in [0.2, 0.25) is 0 Å². The van der Waals surface area contributed by atoms with Crippen LogP contribution in [0.3, 0.4) is 0 Å².